The lowest BCUT2D eigenvalue weighted by atomic mass is 10.0. The van der Waals surface area contributed by atoms with E-state index >= 15 is 0 Å². The van der Waals surface area contributed by atoms with E-state index in [2.05, 4.69) is 25.2 Å². The summed E-state index contributed by atoms with van der Waals surface area (Å²) in [4.78, 5) is 26.6. The number of nitrogens with one attached hydrogen (secondary N) is 1. The number of piperidine rings is 1. The smallest absolute Gasteiger partial charge is 0.251 e. The standard InChI is InChI=1S/C15H16ClN5O/c16-12-9-18-15(19-10-12)21-7-3-13(4-8-21)20-14(22)11-1-5-17-6-2-11/h1-2,5-6,9-10,13H,3-4,7-8H2,(H,20,22). The highest BCUT2D eigenvalue weighted by Gasteiger charge is 2.22. The van der Waals surface area contributed by atoms with Crippen LogP contribution < -0.4 is 10.2 Å². The maximum absolute atomic E-state index is 12.1. The van der Waals surface area contributed by atoms with Gasteiger partial charge >= 0.3 is 0 Å². The number of nitrogens with zero attached hydrogens (tertiary/aromatic N) is 4. The van der Waals surface area contributed by atoms with Crippen LogP contribution in [0.3, 0.4) is 0 Å². The van der Waals surface area contributed by atoms with E-state index in [1.54, 1.807) is 36.9 Å². The Morgan fingerprint density at radius 3 is 2.45 bits per heavy atom. The van der Waals surface area contributed by atoms with Crippen molar-refractivity contribution in [3.8, 4) is 0 Å². The largest absolute Gasteiger partial charge is 0.349 e. The number of anilines is 1. The van der Waals surface area contributed by atoms with Gasteiger partial charge in [0.25, 0.3) is 5.91 Å². The number of rotatable bonds is 3. The Labute approximate surface area is 133 Å². The van der Waals surface area contributed by atoms with Crippen molar-refractivity contribution in [3.05, 3.63) is 47.5 Å². The third-order valence-corrected chi connectivity index (χ3v) is 3.86. The minimum Gasteiger partial charge on any atom is -0.349 e. The van der Waals surface area contributed by atoms with E-state index in [9.17, 15) is 4.79 Å². The highest BCUT2D eigenvalue weighted by atomic mass is 35.5. The van der Waals surface area contributed by atoms with E-state index in [1.807, 2.05) is 0 Å². The van der Waals surface area contributed by atoms with Gasteiger partial charge in [-0.25, -0.2) is 9.97 Å². The Hall–Kier alpha value is -2.21. The minimum absolute atomic E-state index is 0.0522. The molecule has 0 aliphatic carbocycles. The second-order valence-electron chi connectivity index (χ2n) is 5.17. The molecule has 0 unspecified atom stereocenters. The normalized spacial score (nSPS) is 15.6. The van der Waals surface area contributed by atoms with Gasteiger partial charge in [0.1, 0.15) is 0 Å². The minimum atomic E-state index is -0.0522. The van der Waals surface area contributed by atoms with Crippen LogP contribution in [0, 0.1) is 0 Å². The number of pyridine rings is 1. The number of aromatic nitrogens is 3. The summed E-state index contributed by atoms with van der Waals surface area (Å²) in [6.45, 7) is 1.62. The summed E-state index contributed by atoms with van der Waals surface area (Å²) in [7, 11) is 0. The number of amides is 1. The topological polar surface area (TPSA) is 71.0 Å². The molecule has 2 aromatic rings. The predicted octanol–water partition coefficient (Wildman–Crippen LogP) is 1.92. The molecule has 1 aliphatic rings. The Morgan fingerprint density at radius 2 is 1.82 bits per heavy atom. The van der Waals surface area contributed by atoms with Gasteiger partial charge in [0, 0.05) is 37.1 Å². The molecule has 2 aromatic heterocycles. The molecule has 7 heteroatoms. The van der Waals surface area contributed by atoms with E-state index in [-0.39, 0.29) is 11.9 Å². The predicted molar refractivity (Wildman–Crippen MR) is 84.0 cm³/mol. The molecule has 22 heavy (non-hydrogen) atoms. The lowest BCUT2D eigenvalue weighted by Crippen LogP contribution is -2.45. The zero-order valence-electron chi connectivity index (χ0n) is 11.9. The first-order valence-electron chi connectivity index (χ1n) is 7.16. The molecule has 0 spiro atoms. The SMILES string of the molecule is O=C(NC1CCN(c2ncc(Cl)cn2)CC1)c1ccncc1. The molecule has 0 atom stereocenters. The van der Waals surface area contributed by atoms with Crippen LogP contribution in [0.25, 0.3) is 0 Å². The molecule has 1 aliphatic heterocycles. The van der Waals surface area contributed by atoms with Crippen molar-refractivity contribution in [2.75, 3.05) is 18.0 Å². The van der Waals surface area contributed by atoms with Gasteiger partial charge in [-0.2, -0.15) is 0 Å². The summed E-state index contributed by atoms with van der Waals surface area (Å²) in [5.74, 6) is 0.631. The highest BCUT2D eigenvalue weighted by molar-refractivity contribution is 6.30. The average Bonchev–Trinajstić information content (AvgIpc) is 2.57. The average molecular weight is 318 g/mol. The van der Waals surface area contributed by atoms with Crippen molar-refractivity contribution in [2.45, 2.75) is 18.9 Å². The molecule has 1 saturated heterocycles. The van der Waals surface area contributed by atoms with Crippen LogP contribution in [0.5, 0.6) is 0 Å². The molecule has 0 aromatic carbocycles. The van der Waals surface area contributed by atoms with Crippen molar-refractivity contribution >= 4 is 23.5 Å². The van der Waals surface area contributed by atoms with Gasteiger partial charge in [-0.05, 0) is 25.0 Å². The van der Waals surface area contributed by atoms with Crippen LogP contribution in [-0.4, -0.2) is 40.0 Å². The number of carbonyl (C=O) groups is 1. The lowest BCUT2D eigenvalue weighted by molar-refractivity contribution is 0.0931. The molecule has 6 nitrogen and oxygen atoms in total. The molecule has 0 radical (unpaired) electrons. The third-order valence-electron chi connectivity index (χ3n) is 3.66. The number of hydrogen-bond donors (Lipinski definition) is 1. The van der Waals surface area contributed by atoms with Gasteiger partial charge in [0.2, 0.25) is 5.95 Å². The van der Waals surface area contributed by atoms with E-state index in [4.69, 9.17) is 11.6 Å². The van der Waals surface area contributed by atoms with Crippen LogP contribution in [0.4, 0.5) is 5.95 Å². The highest BCUT2D eigenvalue weighted by Crippen LogP contribution is 2.17. The van der Waals surface area contributed by atoms with Gasteiger partial charge < -0.3 is 10.2 Å². The molecule has 3 heterocycles. The van der Waals surface area contributed by atoms with Crippen molar-refractivity contribution < 1.29 is 4.79 Å². The van der Waals surface area contributed by atoms with Crippen molar-refractivity contribution in [1.29, 1.82) is 0 Å². The molecule has 1 amide bonds. The fraction of sp³-hybridized carbons (Fsp3) is 0.333. The van der Waals surface area contributed by atoms with Gasteiger partial charge in [0.05, 0.1) is 17.4 Å². The summed E-state index contributed by atoms with van der Waals surface area (Å²) in [5, 5.41) is 3.59. The van der Waals surface area contributed by atoms with E-state index in [1.165, 1.54) is 0 Å². The first-order chi connectivity index (χ1) is 10.7. The molecule has 1 fully saturated rings. The zero-order valence-corrected chi connectivity index (χ0v) is 12.7. The Morgan fingerprint density at radius 1 is 1.18 bits per heavy atom. The van der Waals surface area contributed by atoms with E-state index in [0.717, 1.165) is 25.9 Å². The molecule has 3 rings (SSSR count). The Bertz CT molecular complexity index is 626. The lowest BCUT2D eigenvalue weighted by Gasteiger charge is -2.32. The molecule has 1 N–H and O–H groups in total. The third kappa shape index (κ3) is 3.51. The quantitative estimate of drug-likeness (QED) is 0.936. The molecule has 0 saturated carbocycles. The summed E-state index contributed by atoms with van der Waals surface area (Å²) >= 11 is 5.79. The molecular formula is C15H16ClN5O. The van der Waals surface area contributed by atoms with Gasteiger partial charge in [-0.3, -0.25) is 9.78 Å². The fourth-order valence-corrected chi connectivity index (χ4v) is 2.56. The number of hydrogen-bond acceptors (Lipinski definition) is 5. The van der Waals surface area contributed by atoms with Crippen molar-refractivity contribution in [1.82, 2.24) is 20.3 Å². The first kappa shape index (κ1) is 14.7. The van der Waals surface area contributed by atoms with E-state index < -0.39 is 0 Å². The number of carbonyl (C=O) groups excluding carboxylic acids is 1. The summed E-state index contributed by atoms with van der Waals surface area (Å²) in [6, 6.07) is 3.60. The zero-order chi connectivity index (χ0) is 15.4. The molecular weight excluding hydrogens is 302 g/mol. The van der Waals surface area contributed by atoms with Crippen LogP contribution in [0.1, 0.15) is 23.2 Å². The fourth-order valence-electron chi connectivity index (χ4n) is 2.46. The van der Waals surface area contributed by atoms with Crippen molar-refractivity contribution in [3.63, 3.8) is 0 Å². The van der Waals surface area contributed by atoms with E-state index in [0.29, 0.717) is 16.5 Å². The molecule has 0 bridgehead atoms. The van der Waals surface area contributed by atoms with Crippen molar-refractivity contribution in [2.24, 2.45) is 0 Å². The van der Waals surface area contributed by atoms with Gasteiger partial charge in [0.15, 0.2) is 0 Å². The Kier molecular flexibility index (Phi) is 4.48. The summed E-state index contributed by atoms with van der Waals surface area (Å²) in [6.07, 6.45) is 8.17. The monoisotopic (exact) mass is 317 g/mol. The summed E-state index contributed by atoms with van der Waals surface area (Å²) in [5.41, 5.74) is 0.637. The number of halogens is 1. The first-order valence-corrected chi connectivity index (χ1v) is 7.53. The molecule has 114 valence electrons. The van der Waals surface area contributed by atoms with Gasteiger partial charge in [-0.15, -0.1) is 0 Å². The second kappa shape index (κ2) is 6.70. The Balaban J connectivity index is 1.53. The van der Waals surface area contributed by atoms with Crippen LogP contribution in [-0.2, 0) is 0 Å². The maximum atomic E-state index is 12.1. The maximum Gasteiger partial charge on any atom is 0.251 e. The second-order valence-corrected chi connectivity index (χ2v) is 5.61. The van der Waals surface area contributed by atoms with Crippen LogP contribution in [0.2, 0.25) is 5.02 Å². The van der Waals surface area contributed by atoms with Gasteiger partial charge in [-0.1, -0.05) is 11.6 Å². The summed E-state index contributed by atoms with van der Waals surface area (Å²) < 4.78 is 0. The van der Waals surface area contributed by atoms with Crippen LogP contribution >= 0.6 is 11.6 Å². The van der Waals surface area contributed by atoms with Crippen LogP contribution in [0.15, 0.2) is 36.9 Å².